The largest absolute Gasteiger partial charge is 0.493 e. The lowest BCUT2D eigenvalue weighted by Gasteiger charge is -2.27. The number of hydrogen-bond acceptors (Lipinski definition) is 4. The summed E-state index contributed by atoms with van der Waals surface area (Å²) in [6, 6.07) is 12.6. The summed E-state index contributed by atoms with van der Waals surface area (Å²) in [6.07, 6.45) is -3.05. The Morgan fingerprint density at radius 3 is 2.78 bits per heavy atom. The number of carbonyl (C=O) groups is 1. The highest BCUT2D eigenvalue weighted by atomic mass is 19.4. The molecule has 0 unspecified atom stereocenters. The van der Waals surface area contributed by atoms with Gasteiger partial charge in [-0.15, -0.1) is 0 Å². The van der Waals surface area contributed by atoms with E-state index in [2.05, 4.69) is 16.3 Å². The van der Waals surface area contributed by atoms with Crippen molar-refractivity contribution in [1.82, 2.24) is 10.2 Å². The van der Waals surface area contributed by atoms with Crippen LogP contribution in [0.3, 0.4) is 0 Å². The van der Waals surface area contributed by atoms with Crippen LogP contribution in [-0.2, 0) is 6.18 Å². The van der Waals surface area contributed by atoms with Crippen molar-refractivity contribution in [2.75, 3.05) is 32.8 Å². The molecule has 2 aliphatic rings. The van der Waals surface area contributed by atoms with Gasteiger partial charge in [-0.25, -0.2) is 0 Å². The summed E-state index contributed by atoms with van der Waals surface area (Å²) >= 11 is 0. The second kappa shape index (κ2) is 9.21. The minimum Gasteiger partial charge on any atom is -0.493 e. The first kappa shape index (κ1) is 22.2. The zero-order valence-electron chi connectivity index (χ0n) is 17.5. The Bertz CT molecular complexity index is 1030. The summed E-state index contributed by atoms with van der Waals surface area (Å²) in [6.45, 7) is 3.63. The van der Waals surface area contributed by atoms with Crippen molar-refractivity contribution in [3.8, 4) is 11.8 Å². The summed E-state index contributed by atoms with van der Waals surface area (Å²) in [5.74, 6) is 0.877. The van der Waals surface area contributed by atoms with E-state index in [-0.39, 0.29) is 5.56 Å². The van der Waals surface area contributed by atoms with Crippen LogP contribution in [0.2, 0.25) is 0 Å². The highest BCUT2D eigenvalue weighted by molar-refractivity contribution is 5.95. The first-order valence-corrected chi connectivity index (χ1v) is 10.7. The van der Waals surface area contributed by atoms with Crippen molar-refractivity contribution >= 4 is 5.91 Å². The number of ether oxygens (including phenoxy) is 1. The molecule has 8 heteroatoms. The van der Waals surface area contributed by atoms with Gasteiger partial charge in [-0.05, 0) is 49.7 Å². The molecule has 2 aromatic carbocycles. The minimum atomic E-state index is -4.56. The van der Waals surface area contributed by atoms with E-state index in [1.807, 2.05) is 12.1 Å². The third-order valence-electron chi connectivity index (χ3n) is 6.17. The second-order valence-electron chi connectivity index (χ2n) is 8.31. The van der Waals surface area contributed by atoms with E-state index in [9.17, 15) is 23.2 Å². The van der Waals surface area contributed by atoms with Crippen molar-refractivity contribution < 1.29 is 22.7 Å². The molecule has 2 aliphatic heterocycles. The lowest BCUT2D eigenvalue weighted by atomic mass is 9.86. The monoisotopic (exact) mass is 443 g/mol. The van der Waals surface area contributed by atoms with E-state index < -0.39 is 17.6 Å². The Hall–Kier alpha value is -3.05. The first-order valence-electron chi connectivity index (χ1n) is 10.7. The molecule has 1 N–H and O–H groups in total. The number of amides is 1. The predicted octanol–water partition coefficient (Wildman–Crippen LogP) is 4.20. The Labute approximate surface area is 184 Å². The number of likely N-dealkylation sites (tertiary alicyclic amines) is 1. The summed E-state index contributed by atoms with van der Waals surface area (Å²) < 4.78 is 45.1. The van der Waals surface area contributed by atoms with Crippen molar-refractivity contribution in [3.63, 3.8) is 0 Å². The molecule has 0 aliphatic carbocycles. The van der Waals surface area contributed by atoms with Gasteiger partial charge in [0.25, 0.3) is 5.91 Å². The molecule has 1 fully saturated rings. The molecule has 0 saturated carbocycles. The fourth-order valence-corrected chi connectivity index (χ4v) is 4.59. The summed E-state index contributed by atoms with van der Waals surface area (Å²) in [7, 11) is 0. The molecule has 0 bridgehead atoms. The molecule has 4 rings (SSSR count). The van der Waals surface area contributed by atoms with E-state index in [1.54, 1.807) is 6.07 Å². The highest BCUT2D eigenvalue weighted by Crippen LogP contribution is 2.42. The van der Waals surface area contributed by atoms with Gasteiger partial charge in [0.1, 0.15) is 5.75 Å². The van der Waals surface area contributed by atoms with E-state index in [1.165, 1.54) is 18.2 Å². The van der Waals surface area contributed by atoms with E-state index in [0.29, 0.717) is 37.0 Å². The molecular formula is C24H24F3N3O2. The number of halogens is 3. The predicted molar refractivity (Wildman–Crippen MR) is 112 cm³/mol. The van der Waals surface area contributed by atoms with Gasteiger partial charge in [0.05, 0.1) is 29.4 Å². The van der Waals surface area contributed by atoms with Gasteiger partial charge >= 0.3 is 6.18 Å². The van der Waals surface area contributed by atoms with Crippen LogP contribution in [0.25, 0.3) is 0 Å². The van der Waals surface area contributed by atoms with Gasteiger partial charge in [-0.3, -0.25) is 4.79 Å². The van der Waals surface area contributed by atoms with Gasteiger partial charge in [0, 0.05) is 37.0 Å². The molecule has 1 amide bonds. The number of benzene rings is 2. The fourth-order valence-electron chi connectivity index (χ4n) is 4.59. The van der Waals surface area contributed by atoms with E-state index >= 15 is 0 Å². The molecule has 2 heterocycles. The van der Waals surface area contributed by atoms with Crippen LogP contribution in [0.4, 0.5) is 13.2 Å². The van der Waals surface area contributed by atoms with Crippen molar-refractivity contribution in [2.24, 2.45) is 5.92 Å². The molecule has 32 heavy (non-hydrogen) atoms. The van der Waals surface area contributed by atoms with Crippen LogP contribution in [0, 0.1) is 17.2 Å². The average molecular weight is 443 g/mol. The molecule has 1 saturated heterocycles. The standard InChI is InChI=1S/C24H24F3N3O2/c25-24(26,27)21-6-2-1-5-18(21)23(31)29-9-3-4-10-30-13-17-15-32-22-8-7-16(12-28)11-19(22)20(17)14-30/h1-2,5-8,11,17,20H,3-4,9-10,13-15H2,(H,29,31)/t17-,20+/m1/s1. The van der Waals surface area contributed by atoms with Gasteiger partial charge in [-0.2, -0.15) is 18.4 Å². The minimum absolute atomic E-state index is 0.323. The van der Waals surface area contributed by atoms with E-state index in [0.717, 1.165) is 43.4 Å². The quantitative estimate of drug-likeness (QED) is 0.680. The molecule has 2 atom stereocenters. The fraction of sp³-hybridized carbons (Fsp3) is 0.417. The third kappa shape index (κ3) is 4.73. The molecule has 2 aromatic rings. The number of hydrogen-bond donors (Lipinski definition) is 1. The maximum Gasteiger partial charge on any atom is 0.417 e. The number of nitrogens with zero attached hydrogens (tertiary/aromatic N) is 2. The van der Waals surface area contributed by atoms with Gasteiger partial charge < -0.3 is 15.0 Å². The maximum absolute atomic E-state index is 13.1. The topological polar surface area (TPSA) is 65.4 Å². The Balaban J connectivity index is 1.25. The SMILES string of the molecule is N#Cc1ccc2c(c1)[C@H]1CN(CCCCNC(=O)c3ccccc3C(F)(F)F)C[C@@H]1CO2. The lowest BCUT2D eigenvalue weighted by molar-refractivity contribution is -0.137. The normalized spacial score (nSPS) is 20.1. The molecule has 0 aromatic heterocycles. The van der Waals surface area contributed by atoms with Crippen LogP contribution in [0.1, 0.15) is 45.8 Å². The zero-order chi connectivity index (χ0) is 22.7. The Morgan fingerprint density at radius 1 is 1.19 bits per heavy atom. The number of fused-ring (bicyclic) bond motifs is 3. The highest BCUT2D eigenvalue weighted by Gasteiger charge is 2.38. The van der Waals surface area contributed by atoms with Crippen molar-refractivity contribution in [3.05, 3.63) is 64.7 Å². The van der Waals surface area contributed by atoms with Gasteiger partial charge in [0.15, 0.2) is 0 Å². The molecule has 168 valence electrons. The average Bonchev–Trinajstić information content (AvgIpc) is 3.21. The molecule has 0 radical (unpaired) electrons. The number of nitriles is 1. The van der Waals surface area contributed by atoms with E-state index in [4.69, 9.17) is 4.74 Å². The summed E-state index contributed by atoms with van der Waals surface area (Å²) in [4.78, 5) is 14.6. The number of rotatable bonds is 6. The van der Waals surface area contributed by atoms with Crippen LogP contribution in [-0.4, -0.2) is 43.6 Å². The number of nitrogens with one attached hydrogen (secondary N) is 1. The lowest BCUT2D eigenvalue weighted by Crippen LogP contribution is -2.28. The molecular weight excluding hydrogens is 419 g/mol. The molecule has 5 nitrogen and oxygen atoms in total. The van der Waals surface area contributed by atoms with Crippen LogP contribution >= 0.6 is 0 Å². The zero-order valence-corrected chi connectivity index (χ0v) is 17.5. The number of unbranched alkanes of at least 4 members (excludes halogenated alkanes) is 1. The van der Waals surface area contributed by atoms with Crippen LogP contribution in [0.5, 0.6) is 5.75 Å². The number of alkyl halides is 3. The summed E-state index contributed by atoms with van der Waals surface area (Å²) in [5, 5.41) is 11.8. The van der Waals surface area contributed by atoms with Crippen LogP contribution in [0.15, 0.2) is 42.5 Å². The Morgan fingerprint density at radius 2 is 2.00 bits per heavy atom. The third-order valence-corrected chi connectivity index (χ3v) is 6.17. The number of carbonyl (C=O) groups excluding carboxylic acids is 1. The Kier molecular flexibility index (Phi) is 6.38. The smallest absolute Gasteiger partial charge is 0.417 e. The van der Waals surface area contributed by atoms with Gasteiger partial charge in [-0.1, -0.05) is 12.1 Å². The van der Waals surface area contributed by atoms with Gasteiger partial charge in [0.2, 0.25) is 0 Å². The second-order valence-corrected chi connectivity index (χ2v) is 8.31. The maximum atomic E-state index is 13.1. The van der Waals surface area contributed by atoms with Crippen LogP contribution < -0.4 is 10.1 Å². The molecule has 0 spiro atoms. The van der Waals surface area contributed by atoms with Crippen molar-refractivity contribution in [2.45, 2.75) is 24.9 Å². The first-order chi connectivity index (χ1) is 15.4. The van der Waals surface area contributed by atoms with Crippen molar-refractivity contribution in [1.29, 1.82) is 5.26 Å². The summed E-state index contributed by atoms with van der Waals surface area (Å²) in [5.41, 5.74) is 0.464.